The summed E-state index contributed by atoms with van der Waals surface area (Å²) in [6.07, 6.45) is 5.35. The summed E-state index contributed by atoms with van der Waals surface area (Å²) in [5.74, 6) is 1.37. The molecule has 126 valence electrons. The van der Waals surface area contributed by atoms with E-state index in [-0.39, 0.29) is 12.1 Å². The van der Waals surface area contributed by atoms with Crippen LogP contribution in [-0.2, 0) is 4.74 Å². The molecule has 0 unspecified atom stereocenters. The van der Waals surface area contributed by atoms with Crippen molar-refractivity contribution in [3.05, 3.63) is 48.8 Å². The number of carbonyl (C=O) groups excluding carboxylic acids is 1. The maximum Gasteiger partial charge on any atom is 0.322 e. The van der Waals surface area contributed by atoms with Crippen LogP contribution < -0.4 is 10.1 Å². The van der Waals surface area contributed by atoms with Gasteiger partial charge in [-0.25, -0.2) is 4.79 Å². The number of nitrogens with one attached hydrogen (secondary N) is 1. The Hall–Kier alpha value is -2.60. The Morgan fingerprint density at radius 2 is 2.12 bits per heavy atom. The number of amides is 2. The molecular formula is C18H21N3O3. The predicted molar refractivity (Wildman–Crippen MR) is 91.4 cm³/mol. The first-order valence-corrected chi connectivity index (χ1v) is 8.01. The average Bonchev–Trinajstić information content (AvgIpc) is 3.06. The Kier molecular flexibility index (Phi) is 5.28. The molecule has 1 N–H and O–H groups in total. The van der Waals surface area contributed by atoms with Crippen molar-refractivity contribution in [2.24, 2.45) is 0 Å². The molecule has 1 aromatic carbocycles. The monoisotopic (exact) mass is 327 g/mol. The Balaban J connectivity index is 1.58. The van der Waals surface area contributed by atoms with Crippen molar-refractivity contribution in [3.63, 3.8) is 0 Å². The van der Waals surface area contributed by atoms with E-state index in [9.17, 15) is 4.79 Å². The molecule has 2 aromatic rings. The number of pyridine rings is 1. The van der Waals surface area contributed by atoms with Crippen LogP contribution in [0.15, 0.2) is 48.8 Å². The zero-order chi connectivity index (χ0) is 16.8. The largest absolute Gasteiger partial charge is 0.456 e. The molecule has 0 aliphatic carbocycles. The third-order valence-electron chi connectivity index (χ3n) is 3.97. The topological polar surface area (TPSA) is 63.7 Å². The third-order valence-corrected chi connectivity index (χ3v) is 3.97. The molecule has 2 heterocycles. The van der Waals surface area contributed by atoms with Crippen molar-refractivity contribution in [1.82, 2.24) is 9.88 Å². The molecule has 6 heteroatoms. The van der Waals surface area contributed by atoms with Crippen LogP contribution in [0.25, 0.3) is 0 Å². The molecule has 1 atom stereocenters. The van der Waals surface area contributed by atoms with Crippen molar-refractivity contribution in [2.45, 2.75) is 18.9 Å². The van der Waals surface area contributed by atoms with E-state index < -0.39 is 0 Å². The first kappa shape index (κ1) is 16.3. The lowest BCUT2D eigenvalue weighted by atomic mass is 10.2. The number of hydrogen-bond donors (Lipinski definition) is 1. The summed E-state index contributed by atoms with van der Waals surface area (Å²) in [7, 11) is 1.66. The van der Waals surface area contributed by atoms with Crippen LogP contribution in [0.2, 0.25) is 0 Å². The number of methoxy groups -OCH3 is 1. The molecule has 1 aliphatic rings. The molecule has 0 bridgehead atoms. The molecule has 3 rings (SSSR count). The van der Waals surface area contributed by atoms with Gasteiger partial charge in [-0.3, -0.25) is 4.98 Å². The third kappa shape index (κ3) is 4.02. The number of likely N-dealkylation sites (tertiary alicyclic amines) is 1. The van der Waals surface area contributed by atoms with Crippen LogP contribution in [0.1, 0.15) is 12.8 Å². The molecule has 2 amide bonds. The fourth-order valence-corrected chi connectivity index (χ4v) is 2.81. The first-order valence-electron chi connectivity index (χ1n) is 8.01. The fraction of sp³-hybridized carbons (Fsp3) is 0.333. The summed E-state index contributed by atoms with van der Waals surface area (Å²) in [6.45, 7) is 1.34. The molecule has 24 heavy (non-hydrogen) atoms. The van der Waals surface area contributed by atoms with Crippen molar-refractivity contribution >= 4 is 11.7 Å². The summed E-state index contributed by atoms with van der Waals surface area (Å²) in [6, 6.07) is 11.0. The van der Waals surface area contributed by atoms with Gasteiger partial charge in [0.15, 0.2) is 0 Å². The van der Waals surface area contributed by atoms with Crippen molar-refractivity contribution in [2.75, 3.05) is 25.6 Å². The van der Waals surface area contributed by atoms with Crippen molar-refractivity contribution < 1.29 is 14.3 Å². The second-order valence-corrected chi connectivity index (χ2v) is 5.69. The minimum absolute atomic E-state index is 0.0875. The molecule has 1 aliphatic heterocycles. The molecule has 0 radical (unpaired) electrons. The maximum absolute atomic E-state index is 12.4. The lowest BCUT2D eigenvalue weighted by Crippen LogP contribution is -2.40. The summed E-state index contributed by atoms with van der Waals surface area (Å²) in [4.78, 5) is 18.2. The quantitative estimate of drug-likeness (QED) is 0.912. The van der Waals surface area contributed by atoms with Gasteiger partial charge in [0, 0.05) is 25.5 Å². The zero-order valence-electron chi connectivity index (χ0n) is 13.6. The highest BCUT2D eigenvalue weighted by molar-refractivity contribution is 5.89. The number of rotatable bonds is 5. The summed E-state index contributed by atoms with van der Waals surface area (Å²) >= 11 is 0. The molecule has 6 nitrogen and oxygen atoms in total. The van der Waals surface area contributed by atoms with Gasteiger partial charge in [-0.15, -0.1) is 0 Å². The molecule has 0 spiro atoms. The number of urea groups is 1. The second kappa shape index (κ2) is 7.79. The van der Waals surface area contributed by atoms with Crippen LogP contribution >= 0.6 is 0 Å². The van der Waals surface area contributed by atoms with Gasteiger partial charge in [0.1, 0.15) is 11.5 Å². The van der Waals surface area contributed by atoms with Gasteiger partial charge >= 0.3 is 6.03 Å². The zero-order valence-corrected chi connectivity index (χ0v) is 13.6. The number of anilines is 1. The second-order valence-electron chi connectivity index (χ2n) is 5.69. The maximum atomic E-state index is 12.4. The lowest BCUT2D eigenvalue weighted by Gasteiger charge is -2.24. The minimum Gasteiger partial charge on any atom is -0.456 e. The minimum atomic E-state index is -0.0875. The van der Waals surface area contributed by atoms with E-state index in [1.807, 2.05) is 41.3 Å². The van der Waals surface area contributed by atoms with Crippen LogP contribution in [0.5, 0.6) is 11.5 Å². The van der Waals surface area contributed by atoms with E-state index in [0.29, 0.717) is 18.1 Å². The van der Waals surface area contributed by atoms with Gasteiger partial charge < -0.3 is 19.7 Å². The van der Waals surface area contributed by atoms with Gasteiger partial charge in [-0.2, -0.15) is 0 Å². The molecule has 1 aromatic heterocycles. The van der Waals surface area contributed by atoms with Gasteiger partial charge in [0.05, 0.1) is 18.8 Å². The first-order chi connectivity index (χ1) is 11.8. The van der Waals surface area contributed by atoms with E-state index in [1.54, 1.807) is 19.5 Å². The Bertz CT molecular complexity index is 661. The van der Waals surface area contributed by atoms with Gasteiger partial charge in [-0.05, 0) is 49.2 Å². The van der Waals surface area contributed by atoms with Crippen molar-refractivity contribution in [1.29, 1.82) is 0 Å². The Labute approximate surface area is 141 Å². The van der Waals surface area contributed by atoms with Crippen LogP contribution in [0.3, 0.4) is 0 Å². The molecular weight excluding hydrogens is 306 g/mol. The fourth-order valence-electron chi connectivity index (χ4n) is 2.81. The average molecular weight is 327 g/mol. The summed E-state index contributed by atoms with van der Waals surface area (Å²) in [5, 5.41) is 2.93. The van der Waals surface area contributed by atoms with E-state index in [2.05, 4.69) is 10.3 Å². The normalized spacial score (nSPS) is 16.9. The van der Waals surface area contributed by atoms with E-state index in [4.69, 9.17) is 9.47 Å². The molecule has 1 saturated heterocycles. The van der Waals surface area contributed by atoms with Gasteiger partial charge in [0.25, 0.3) is 0 Å². The highest BCUT2D eigenvalue weighted by atomic mass is 16.5. The van der Waals surface area contributed by atoms with E-state index >= 15 is 0 Å². The number of benzene rings is 1. The predicted octanol–water partition coefficient (Wildman–Crippen LogP) is 3.52. The summed E-state index contributed by atoms with van der Waals surface area (Å²) < 4.78 is 10.9. The van der Waals surface area contributed by atoms with E-state index in [1.165, 1.54) is 0 Å². The highest BCUT2D eigenvalue weighted by Gasteiger charge is 2.28. The van der Waals surface area contributed by atoms with Crippen molar-refractivity contribution in [3.8, 4) is 11.5 Å². The number of aromatic nitrogens is 1. The number of carbonyl (C=O) groups is 1. The number of nitrogens with zero attached hydrogens (tertiary/aromatic N) is 2. The number of hydrogen-bond acceptors (Lipinski definition) is 4. The standard InChI is InChI=1S/C18H21N3O3/c1-23-13-15-4-3-11-21(15)18(22)20-14-6-8-16(9-7-14)24-17-5-2-10-19-12-17/h2,5-10,12,15H,3-4,11,13H2,1H3,(H,20,22)/t15-/m0/s1. The number of ether oxygens (including phenoxy) is 2. The lowest BCUT2D eigenvalue weighted by molar-refractivity contribution is 0.128. The SMILES string of the molecule is COC[C@@H]1CCCN1C(=O)Nc1ccc(Oc2cccnc2)cc1. The van der Waals surface area contributed by atoms with Crippen LogP contribution in [0, 0.1) is 0 Å². The highest BCUT2D eigenvalue weighted by Crippen LogP contribution is 2.23. The van der Waals surface area contributed by atoms with Gasteiger partial charge in [0.2, 0.25) is 0 Å². The van der Waals surface area contributed by atoms with Crippen LogP contribution in [0.4, 0.5) is 10.5 Å². The Morgan fingerprint density at radius 1 is 1.29 bits per heavy atom. The molecule has 1 fully saturated rings. The smallest absolute Gasteiger partial charge is 0.322 e. The van der Waals surface area contributed by atoms with E-state index in [0.717, 1.165) is 25.1 Å². The van der Waals surface area contributed by atoms with Gasteiger partial charge in [-0.1, -0.05) is 0 Å². The molecule has 0 saturated carbocycles. The Morgan fingerprint density at radius 3 is 2.83 bits per heavy atom. The van der Waals surface area contributed by atoms with Crippen LogP contribution in [-0.4, -0.2) is 42.2 Å². The summed E-state index contributed by atoms with van der Waals surface area (Å²) in [5.41, 5.74) is 0.738.